The average molecular weight is 280 g/mol. The molecule has 1 N–H and O–H groups in total. The lowest BCUT2D eigenvalue weighted by Gasteiger charge is -2.39. The van der Waals surface area contributed by atoms with E-state index in [9.17, 15) is 0 Å². The summed E-state index contributed by atoms with van der Waals surface area (Å²) < 4.78 is 0. The highest BCUT2D eigenvalue weighted by molar-refractivity contribution is 7.10. The van der Waals surface area contributed by atoms with Crippen LogP contribution in [0.5, 0.6) is 0 Å². The van der Waals surface area contributed by atoms with Crippen molar-refractivity contribution in [2.75, 3.05) is 20.6 Å². The zero-order chi connectivity index (χ0) is 13.7. The van der Waals surface area contributed by atoms with E-state index in [1.54, 1.807) is 0 Å². The van der Waals surface area contributed by atoms with Gasteiger partial charge in [0.05, 0.1) is 0 Å². The van der Waals surface area contributed by atoms with Crippen LogP contribution in [-0.2, 0) is 0 Å². The minimum Gasteiger partial charge on any atom is -0.314 e. The largest absolute Gasteiger partial charge is 0.314 e. The SMILES string of the molecule is CNC1(CCN(C)C(C)c2cccs2)CCCCC1. The van der Waals surface area contributed by atoms with Gasteiger partial charge in [-0.1, -0.05) is 25.3 Å². The van der Waals surface area contributed by atoms with E-state index >= 15 is 0 Å². The molecule has 2 nitrogen and oxygen atoms in total. The zero-order valence-corrected chi connectivity index (χ0v) is 13.4. The van der Waals surface area contributed by atoms with E-state index in [-0.39, 0.29) is 0 Å². The van der Waals surface area contributed by atoms with E-state index in [4.69, 9.17) is 0 Å². The van der Waals surface area contributed by atoms with Crippen molar-refractivity contribution in [3.63, 3.8) is 0 Å². The Hall–Kier alpha value is -0.380. The fourth-order valence-corrected chi connectivity index (χ4v) is 4.03. The predicted octanol–water partition coefficient (Wildman–Crippen LogP) is 4.05. The summed E-state index contributed by atoms with van der Waals surface area (Å²) in [4.78, 5) is 3.98. The lowest BCUT2D eigenvalue weighted by molar-refractivity contribution is 0.178. The molecule has 0 spiro atoms. The molecule has 1 aliphatic rings. The summed E-state index contributed by atoms with van der Waals surface area (Å²) in [5.74, 6) is 0. The molecule has 19 heavy (non-hydrogen) atoms. The van der Waals surface area contributed by atoms with Crippen molar-refractivity contribution in [1.29, 1.82) is 0 Å². The summed E-state index contributed by atoms with van der Waals surface area (Å²) in [5, 5.41) is 5.80. The van der Waals surface area contributed by atoms with E-state index in [1.165, 1.54) is 49.9 Å². The van der Waals surface area contributed by atoms with Gasteiger partial charge in [0.25, 0.3) is 0 Å². The van der Waals surface area contributed by atoms with E-state index in [2.05, 4.69) is 48.7 Å². The third kappa shape index (κ3) is 3.80. The second-order valence-electron chi connectivity index (χ2n) is 6.01. The molecule has 108 valence electrons. The molecule has 3 heteroatoms. The van der Waals surface area contributed by atoms with Crippen LogP contribution >= 0.6 is 11.3 Å². The Balaban J connectivity index is 1.86. The van der Waals surface area contributed by atoms with E-state index in [1.807, 2.05) is 11.3 Å². The first kappa shape index (κ1) is 15.0. The fraction of sp³-hybridized carbons (Fsp3) is 0.750. The van der Waals surface area contributed by atoms with Gasteiger partial charge in [-0.15, -0.1) is 11.3 Å². The molecule has 1 heterocycles. The number of rotatable bonds is 6. The molecular formula is C16H28N2S. The molecular weight excluding hydrogens is 252 g/mol. The van der Waals surface area contributed by atoms with Crippen LogP contribution < -0.4 is 5.32 Å². The maximum absolute atomic E-state index is 3.62. The summed E-state index contributed by atoms with van der Waals surface area (Å²) in [5.41, 5.74) is 0.404. The summed E-state index contributed by atoms with van der Waals surface area (Å²) in [6.45, 7) is 3.50. The van der Waals surface area contributed by atoms with Crippen molar-refractivity contribution in [2.45, 2.75) is 57.0 Å². The molecule has 1 aliphatic carbocycles. The van der Waals surface area contributed by atoms with Crippen LogP contribution in [-0.4, -0.2) is 31.1 Å². The number of thiophene rings is 1. The van der Waals surface area contributed by atoms with Crippen LogP contribution in [0.25, 0.3) is 0 Å². The zero-order valence-electron chi connectivity index (χ0n) is 12.6. The molecule has 0 aromatic carbocycles. The van der Waals surface area contributed by atoms with Crippen molar-refractivity contribution >= 4 is 11.3 Å². The molecule has 0 aliphatic heterocycles. The highest BCUT2D eigenvalue weighted by Crippen LogP contribution is 2.32. The molecule has 1 unspecified atom stereocenters. The molecule has 0 radical (unpaired) electrons. The Labute approximate surface area is 122 Å². The first-order valence-corrected chi connectivity index (χ1v) is 8.47. The maximum Gasteiger partial charge on any atom is 0.0410 e. The van der Waals surface area contributed by atoms with Gasteiger partial charge in [0, 0.05) is 23.0 Å². The van der Waals surface area contributed by atoms with Gasteiger partial charge in [-0.3, -0.25) is 4.90 Å². The number of nitrogens with one attached hydrogen (secondary N) is 1. The van der Waals surface area contributed by atoms with Gasteiger partial charge in [0.1, 0.15) is 0 Å². The van der Waals surface area contributed by atoms with Crippen molar-refractivity contribution < 1.29 is 0 Å². The van der Waals surface area contributed by atoms with Gasteiger partial charge in [0.15, 0.2) is 0 Å². The van der Waals surface area contributed by atoms with Crippen molar-refractivity contribution in [3.05, 3.63) is 22.4 Å². The number of nitrogens with zero attached hydrogens (tertiary/aromatic N) is 1. The second-order valence-corrected chi connectivity index (χ2v) is 6.99. The summed E-state index contributed by atoms with van der Waals surface area (Å²) >= 11 is 1.87. The predicted molar refractivity (Wildman–Crippen MR) is 84.9 cm³/mol. The molecule has 1 fully saturated rings. The van der Waals surface area contributed by atoms with Gasteiger partial charge < -0.3 is 5.32 Å². The minimum atomic E-state index is 0.404. The molecule has 1 aromatic rings. The molecule has 0 bridgehead atoms. The number of hydrogen-bond donors (Lipinski definition) is 1. The van der Waals surface area contributed by atoms with Crippen LogP contribution in [0.3, 0.4) is 0 Å². The van der Waals surface area contributed by atoms with Crippen LogP contribution in [0, 0.1) is 0 Å². The summed E-state index contributed by atoms with van der Waals surface area (Å²) in [7, 11) is 4.41. The van der Waals surface area contributed by atoms with E-state index in [0.717, 1.165) is 0 Å². The van der Waals surface area contributed by atoms with Crippen LogP contribution in [0.2, 0.25) is 0 Å². The Kier molecular flexibility index (Phi) is 5.43. The van der Waals surface area contributed by atoms with E-state index in [0.29, 0.717) is 11.6 Å². The fourth-order valence-electron chi connectivity index (χ4n) is 3.18. The molecule has 1 aromatic heterocycles. The summed E-state index contributed by atoms with van der Waals surface area (Å²) in [6, 6.07) is 4.94. The van der Waals surface area contributed by atoms with Crippen LogP contribution in [0.1, 0.15) is 56.4 Å². The van der Waals surface area contributed by atoms with Crippen molar-refractivity contribution in [3.8, 4) is 0 Å². The third-order valence-corrected chi connectivity index (χ3v) is 5.94. The van der Waals surface area contributed by atoms with Gasteiger partial charge in [0.2, 0.25) is 0 Å². The maximum atomic E-state index is 3.62. The highest BCUT2D eigenvalue weighted by Gasteiger charge is 2.30. The monoisotopic (exact) mass is 280 g/mol. The molecule has 0 amide bonds. The van der Waals surface area contributed by atoms with Gasteiger partial charge in [-0.2, -0.15) is 0 Å². The smallest absolute Gasteiger partial charge is 0.0410 e. The first-order valence-electron chi connectivity index (χ1n) is 7.59. The van der Waals surface area contributed by atoms with Gasteiger partial charge in [-0.05, 0) is 51.7 Å². The number of hydrogen-bond acceptors (Lipinski definition) is 3. The van der Waals surface area contributed by atoms with Crippen LogP contribution in [0.15, 0.2) is 17.5 Å². The Morgan fingerprint density at radius 3 is 2.68 bits per heavy atom. The lowest BCUT2D eigenvalue weighted by Crippen LogP contribution is -2.46. The van der Waals surface area contributed by atoms with Crippen molar-refractivity contribution in [2.24, 2.45) is 0 Å². The molecule has 2 rings (SSSR count). The highest BCUT2D eigenvalue weighted by atomic mass is 32.1. The first-order chi connectivity index (χ1) is 9.17. The Bertz CT molecular complexity index is 355. The lowest BCUT2D eigenvalue weighted by atomic mass is 9.79. The third-order valence-electron chi connectivity index (χ3n) is 4.90. The van der Waals surface area contributed by atoms with E-state index < -0.39 is 0 Å². The summed E-state index contributed by atoms with van der Waals surface area (Å²) in [6.07, 6.45) is 8.19. The topological polar surface area (TPSA) is 15.3 Å². The normalized spacial score (nSPS) is 20.6. The standard InChI is InChI=1S/C16H28N2S/c1-14(15-8-7-13-19-15)18(3)12-11-16(17-2)9-5-4-6-10-16/h7-8,13-14,17H,4-6,9-12H2,1-3H3. The second kappa shape index (κ2) is 6.87. The Morgan fingerprint density at radius 1 is 1.37 bits per heavy atom. The molecule has 1 atom stereocenters. The average Bonchev–Trinajstić information content (AvgIpc) is 2.99. The van der Waals surface area contributed by atoms with Gasteiger partial charge >= 0.3 is 0 Å². The van der Waals surface area contributed by atoms with Crippen LogP contribution in [0.4, 0.5) is 0 Å². The van der Waals surface area contributed by atoms with Crippen molar-refractivity contribution in [1.82, 2.24) is 10.2 Å². The quantitative estimate of drug-likeness (QED) is 0.845. The minimum absolute atomic E-state index is 0.404. The molecule has 1 saturated carbocycles. The Morgan fingerprint density at radius 2 is 2.11 bits per heavy atom. The molecule has 0 saturated heterocycles. The van der Waals surface area contributed by atoms with Gasteiger partial charge in [-0.25, -0.2) is 0 Å².